The highest BCUT2D eigenvalue weighted by atomic mass is 19.4. The molecule has 1 heterocycles. The first-order valence-corrected chi connectivity index (χ1v) is 7.06. The predicted octanol–water partition coefficient (Wildman–Crippen LogP) is 3.66. The molecule has 112 valence electrons. The van der Waals surface area contributed by atoms with E-state index in [1.807, 2.05) is 0 Å². The van der Waals surface area contributed by atoms with Gasteiger partial charge in [0.05, 0.1) is 11.7 Å². The number of nitrogens with one attached hydrogen (secondary N) is 1. The third-order valence-corrected chi connectivity index (χ3v) is 3.80. The van der Waals surface area contributed by atoms with Crippen molar-refractivity contribution in [2.75, 3.05) is 6.54 Å². The zero-order valence-electron chi connectivity index (χ0n) is 11.3. The van der Waals surface area contributed by atoms with E-state index in [4.69, 9.17) is 0 Å². The monoisotopic (exact) mass is 287 g/mol. The lowest BCUT2D eigenvalue weighted by Crippen LogP contribution is -2.30. The number of hydrogen-bond acceptors (Lipinski definition) is 2. The fourth-order valence-corrected chi connectivity index (χ4v) is 2.74. The van der Waals surface area contributed by atoms with Gasteiger partial charge >= 0.3 is 6.18 Å². The topological polar surface area (TPSA) is 32.3 Å². The number of benzene rings is 1. The average Bonchev–Trinajstić information content (AvgIpc) is 2.66. The Hall–Kier alpha value is -1.07. The Labute approximate surface area is 117 Å². The van der Waals surface area contributed by atoms with Crippen LogP contribution in [0.15, 0.2) is 24.3 Å². The summed E-state index contributed by atoms with van der Waals surface area (Å²) in [7, 11) is 0. The Bertz CT molecular complexity index is 425. The van der Waals surface area contributed by atoms with Crippen LogP contribution in [0.5, 0.6) is 0 Å². The van der Waals surface area contributed by atoms with E-state index in [1.165, 1.54) is 18.2 Å². The van der Waals surface area contributed by atoms with Crippen LogP contribution in [0.4, 0.5) is 13.2 Å². The molecule has 1 saturated heterocycles. The Kier molecular flexibility index (Phi) is 5.05. The normalized spacial score (nSPS) is 22.3. The Morgan fingerprint density at radius 3 is 2.70 bits per heavy atom. The van der Waals surface area contributed by atoms with Crippen LogP contribution in [0.1, 0.15) is 49.3 Å². The van der Waals surface area contributed by atoms with E-state index >= 15 is 0 Å². The van der Waals surface area contributed by atoms with Gasteiger partial charge < -0.3 is 10.4 Å². The van der Waals surface area contributed by atoms with Crippen molar-refractivity contribution in [3.8, 4) is 0 Å². The molecule has 5 heteroatoms. The minimum atomic E-state index is -4.42. The van der Waals surface area contributed by atoms with Crippen molar-refractivity contribution < 1.29 is 18.3 Å². The van der Waals surface area contributed by atoms with Crippen LogP contribution in [0.3, 0.4) is 0 Å². The lowest BCUT2D eigenvalue weighted by Gasteiger charge is -2.22. The molecule has 0 aliphatic carbocycles. The Morgan fingerprint density at radius 1 is 1.20 bits per heavy atom. The quantitative estimate of drug-likeness (QED) is 0.889. The first-order chi connectivity index (χ1) is 9.48. The highest BCUT2D eigenvalue weighted by Gasteiger charge is 2.35. The lowest BCUT2D eigenvalue weighted by atomic mass is 9.95. The molecular formula is C15H20F3NO. The standard InChI is InChI=1S/C15H20F3NO/c16-15(17,18)13-8-4-3-7-12(13)14(20)10-11-6-2-1-5-9-19-11/h3-4,7-8,11,14,19-20H,1-2,5-6,9-10H2. The summed E-state index contributed by atoms with van der Waals surface area (Å²) < 4.78 is 38.8. The second-order valence-electron chi connectivity index (χ2n) is 5.34. The van der Waals surface area contributed by atoms with Crippen LogP contribution in [-0.2, 0) is 6.18 Å². The minimum Gasteiger partial charge on any atom is -0.388 e. The predicted molar refractivity (Wildman–Crippen MR) is 71.3 cm³/mol. The molecule has 2 N–H and O–H groups in total. The fourth-order valence-electron chi connectivity index (χ4n) is 2.74. The van der Waals surface area contributed by atoms with Crippen molar-refractivity contribution in [1.29, 1.82) is 0 Å². The fraction of sp³-hybridized carbons (Fsp3) is 0.600. The summed E-state index contributed by atoms with van der Waals surface area (Å²) in [5.41, 5.74) is -0.757. The lowest BCUT2D eigenvalue weighted by molar-refractivity contribution is -0.139. The maximum Gasteiger partial charge on any atom is 0.416 e. The van der Waals surface area contributed by atoms with Gasteiger partial charge in [0.15, 0.2) is 0 Å². The van der Waals surface area contributed by atoms with Gasteiger partial charge in [0.1, 0.15) is 0 Å². The Morgan fingerprint density at radius 2 is 1.95 bits per heavy atom. The summed E-state index contributed by atoms with van der Waals surface area (Å²) in [6, 6.07) is 5.37. The second-order valence-corrected chi connectivity index (χ2v) is 5.34. The van der Waals surface area contributed by atoms with Gasteiger partial charge in [0.25, 0.3) is 0 Å². The first-order valence-electron chi connectivity index (χ1n) is 7.06. The highest BCUT2D eigenvalue weighted by Crippen LogP contribution is 2.35. The number of hydrogen-bond donors (Lipinski definition) is 2. The maximum absolute atomic E-state index is 12.9. The zero-order chi connectivity index (χ0) is 14.6. The van der Waals surface area contributed by atoms with E-state index in [1.54, 1.807) is 0 Å². The molecule has 0 aromatic heterocycles. The van der Waals surface area contributed by atoms with Crippen LogP contribution in [0.25, 0.3) is 0 Å². The van der Waals surface area contributed by atoms with Gasteiger partial charge in [-0.3, -0.25) is 0 Å². The van der Waals surface area contributed by atoms with Crippen molar-refractivity contribution >= 4 is 0 Å². The molecule has 1 aliphatic rings. The van der Waals surface area contributed by atoms with E-state index in [2.05, 4.69) is 5.32 Å². The molecular weight excluding hydrogens is 267 g/mol. The molecule has 0 amide bonds. The molecule has 0 spiro atoms. The molecule has 1 aliphatic heterocycles. The van der Waals surface area contributed by atoms with Gasteiger partial charge in [0.2, 0.25) is 0 Å². The molecule has 2 rings (SSSR count). The molecule has 2 unspecified atom stereocenters. The second kappa shape index (κ2) is 6.59. The van der Waals surface area contributed by atoms with E-state index in [9.17, 15) is 18.3 Å². The zero-order valence-corrected chi connectivity index (χ0v) is 11.3. The average molecular weight is 287 g/mol. The van der Waals surface area contributed by atoms with Crippen molar-refractivity contribution in [1.82, 2.24) is 5.32 Å². The Balaban J connectivity index is 2.10. The van der Waals surface area contributed by atoms with Crippen LogP contribution >= 0.6 is 0 Å². The first kappa shape index (κ1) is 15.3. The van der Waals surface area contributed by atoms with Crippen LogP contribution in [0, 0.1) is 0 Å². The summed E-state index contributed by atoms with van der Waals surface area (Å²) in [5.74, 6) is 0. The van der Waals surface area contributed by atoms with E-state index in [-0.39, 0.29) is 11.6 Å². The largest absolute Gasteiger partial charge is 0.416 e. The number of halogens is 3. The third kappa shape index (κ3) is 3.96. The van der Waals surface area contributed by atoms with E-state index < -0.39 is 17.8 Å². The SMILES string of the molecule is OC(CC1CCCCCN1)c1ccccc1C(F)(F)F. The summed E-state index contributed by atoms with van der Waals surface area (Å²) in [5, 5.41) is 13.5. The van der Waals surface area contributed by atoms with Crippen LogP contribution < -0.4 is 5.32 Å². The van der Waals surface area contributed by atoms with E-state index in [0.29, 0.717) is 6.42 Å². The van der Waals surface area contributed by atoms with Gasteiger partial charge in [0, 0.05) is 6.04 Å². The summed E-state index contributed by atoms with van der Waals surface area (Å²) in [4.78, 5) is 0. The van der Waals surface area contributed by atoms with Crippen LogP contribution in [0.2, 0.25) is 0 Å². The molecule has 1 fully saturated rings. The van der Waals surface area contributed by atoms with Crippen LogP contribution in [-0.4, -0.2) is 17.7 Å². The van der Waals surface area contributed by atoms with Gasteiger partial charge in [-0.2, -0.15) is 13.2 Å². The molecule has 1 aromatic rings. The van der Waals surface area contributed by atoms with Gasteiger partial charge in [-0.25, -0.2) is 0 Å². The molecule has 2 atom stereocenters. The maximum atomic E-state index is 12.9. The number of alkyl halides is 3. The number of aliphatic hydroxyl groups excluding tert-OH is 1. The summed E-state index contributed by atoms with van der Waals surface area (Å²) in [6.45, 7) is 0.873. The van der Waals surface area contributed by atoms with Crippen molar-refractivity contribution in [3.05, 3.63) is 35.4 Å². The molecule has 2 nitrogen and oxygen atoms in total. The molecule has 20 heavy (non-hydrogen) atoms. The molecule has 0 bridgehead atoms. The van der Waals surface area contributed by atoms with Gasteiger partial charge in [-0.05, 0) is 37.4 Å². The van der Waals surface area contributed by atoms with Crippen molar-refractivity contribution in [2.45, 2.75) is 50.4 Å². The summed E-state index contributed by atoms with van der Waals surface area (Å²) >= 11 is 0. The smallest absolute Gasteiger partial charge is 0.388 e. The summed E-state index contributed by atoms with van der Waals surface area (Å²) in [6.07, 6.45) is -0.980. The van der Waals surface area contributed by atoms with E-state index in [0.717, 1.165) is 38.3 Å². The van der Waals surface area contributed by atoms with Crippen molar-refractivity contribution in [2.24, 2.45) is 0 Å². The minimum absolute atomic E-state index is 0.0222. The number of aliphatic hydroxyl groups is 1. The molecule has 0 radical (unpaired) electrons. The number of rotatable bonds is 3. The van der Waals surface area contributed by atoms with Crippen molar-refractivity contribution in [3.63, 3.8) is 0 Å². The molecule has 1 aromatic carbocycles. The third-order valence-electron chi connectivity index (χ3n) is 3.80. The highest BCUT2D eigenvalue weighted by molar-refractivity contribution is 5.31. The van der Waals surface area contributed by atoms with Gasteiger partial charge in [-0.15, -0.1) is 0 Å². The molecule has 0 saturated carbocycles. The van der Waals surface area contributed by atoms with Gasteiger partial charge in [-0.1, -0.05) is 31.0 Å².